The van der Waals surface area contributed by atoms with Gasteiger partial charge in [0.05, 0.1) is 22.3 Å². The van der Waals surface area contributed by atoms with Crippen LogP contribution in [0.15, 0.2) is 41.3 Å². The fourth-order valence-electron chi connectivity index (χ4n) is 1.63. The van der Waals surface area contributed by atoms with Gasteiger partial charge in [-0.2, -0.15) is 0 Å². The second-order valence-corrected chi connectivity index (χ2v) is 7.05. The fourth-order valence-corrected chi connectivity index (χ4v) is 3.64. The Bertz CT molecular complexity index is 778. The molecule has 0 spiro atoms. The quantitative estimate of drug-likeness (QED) is 0.861. The van der Waals surface area contributed by atoms with Gasteiger partial charge >= 0.3 is 0 Å². The molecule has 0 bridgehead atoms. The van der Waals surface area contributed by atoms with Gasteiger partial charge in [0.1, 0.15) is 4.90 Å². The lowest BCUT2D eigenvalue weighted by atomic mass is 10.2. The van der Waals surface area contributed by atoms with Crippen molar-refractivity contribution in [1.82, 2.24) is 0 Å². The van der Waals surface area contributed by atoms with Crippen molar-refractivity contribution in [2.45, 2.75) is 11.5 Å². The predicted molar refractivity (Wildman–Crippen MR) is 84.6 cm³/mol. The van der Waals surface area contributed by atoms with Crippen molar-refractivity contribution in [3.05, 3.63) is 57.0 Å². The number of rotatable bonds is 4. The van der Waals surface area contributed by atoms with Crippen LogP contribution in [0.4, 0.5) is 5.69 Å². The summed E-state index contributed by atoms with van der Waals surface area (Å²) in [5.74, 6) is 0. The average molecular weight is 367 g/mol. The highest BCUT2D eigenvalue weighted by Crippen LogP contribution is 2.30. The molecule has 0 aliphatic carbocycles. The zero-order valence-electron chi connectivity index (χ0n) is 10.5. The third-order valence-electron chi connectivity index (χ3n) is 2.64. The van der Waals surface area contributed by atoms with E-state index in [2.05, 4.69) is 4.72 Å². The van der Waals surface area contributed by atoms with E-state index in [9.17, 15) is 8.42 Å². The largest absolute Gasteiger partial charge is 0.392 e. The Labute approximate surface area is 137 Å². The van der Waals surface area contributed by atoms with Crippen LogP contribution in [0.3, 0.4) is 0 Å². The minimum atomic E-state index is -3.95. The van der Waals surface area contributed by atoms with Crippen LogP contribution in [0.1, 0.15) is 5.56 Å². The summed E-state index contributed by atoms with van der Waals surface area (Å²) in [4.78, 5) is -0.147. The number of sulfonamides is 1. The molecule has 0 saturated carbocycles. The average Bonchev–Trinajstić information content (AvgIpc) is 2.43. The summed E-state index contributed by atoms with van der Waals surface area (Å²) >= 11 is 17.7. The first-order valence-corrected chi connectivity index (χ1v) is 8.32. The van der Waals surface area contributed by atoms with Crippen molar-refractivity contribution in [2.24, 2.45) is 0 Å². The van der Waals surface area contributed by atoms with E-state index in [-0.39, 0.29) is 27.2 Å². The highest BCUT2D eigenvalue weighted by molar-refractivity contribution is 7.92. The molecule has 112 valence electrons. The van der Waals surface area contributed by atoms with Crippen molar-refractivity contribution >= 4 is 50.5 Å². The Morgan fingerprint density at radius 2 is 1.67 bits per heavy atom. The van der Waals surface area contributed by atoms with Gasteiger partial charge in [0.25, 0.3) is 10.0 Å². The third-order valence-corrected chi connectivity index (χ3v) is 5.05. The van der Waals surface area contributed by atoms with Gasteiger partial charge in [0.2, 0.25) is 0 Å². The molecule has 0 atom stereocenters. The first-order valence-electron chi connectivity index (χ1n) is 5.70. The normalized spacial score (nSPS) is 11.4. The van der Waals surface area contributed by atoms with Crippen molar-refractivity contribution < 1.29 is 13.5 Å². The van der Waals surface area contributed by atoms with Crippen LogP contribution in [0.2, 0.25) is 15.1 Å². The van der Waals surface area contributed by atoms with Gasteiger partial charge in [-0.15, -0.1) is 0 Å². The number of halogens is 3. The molecule has 0 saturated heterocycles. The van der Waals surface area contributed by atoms with Gasteiger partial charge in [-0.3, -0.25) is 4.72 Å². The molecule has 0 unspecified atom stereocenters. The highest BCUT2D eigenvalue weighted by atomic mass is 35.5. The van der Waals surface area contributed by atoms with E-state index in [0.717, 1.165) is 0 Å². The summed E-state index contributed by atoms with van der Waals surface area (Å²) in [6.07, 6.45) is 0. The molecule has 21 heavy (non-hydrogen) atoms. The smallest absolute Gasteiger partial charge is 0.263 e. The number of anilines is 1. The molecule has 8 heteroatoms. The Hall–Kier alpha value is -0.980. The Balaban J connectivity index is 2.45. The van der Waals surface area contributed by atoms with E-state index in [4.69, 9.17) is 39.9 Å². The summed E-state index contributed by atoms with van der Waals surface area (Å²) in [6, 6.07) is 8.65. The monoisotopic (exact) mass is 365 g/mol. The first-order chi connectivity index (χ1) is 9.83. The van der Waals surface area contributed by atoms with Crippen molar-refractivity contribution in [2.75, 3.05) is 4.72 Å². The van der Waals surface area contributed by atoms with Crippen LogP contribution in [-0.4, -0.2) is 13.5 Å². The summed E-state index contributed by atoms with van der Waals surface area (Å²) in [6.45, 7) is -0.294. The number of hydrogen-bond donors (Lipinski definition) is 2. The summed E-state index contributed by atoms with van der Waals surface area (Å²) in [5, 5.41) is 9.68. The number of nitrogens with one attached hydrogen (secondary N) is 1. The SMILES string of the molecule is O=S(=O)(Nc1cc(Cl)ccc1Cl)c1cc(CO)ccc1Cl. The summed E-state index contributed by atoms with van der Waals surface area (Å²) in [7, 11) is -3.95. The van der Waals surface area contributed by atoms with Gasteiger partial charge in [0, 0.05) is 5.02 Å². The maximum Gasteiger partial charge on any atom is 0.263 e. The molecule has 0 aliphatic rings. The maximum absolute atomic E-state index is 12.4. The standard InChI is InChI=1S/C13H10Cl3NO3S/c14-9-2-4-10(15)12(6-9)17-21(19,20)13-5-8(7-18)1-3-11(13)16/h1-6,17-18H,7H2. The first kappa shape index (κ1) is 16.4. The van der Waals surface area contributed by atoms with Gasteiger partial charge in [-0.25, -0.2) is 8.42 Å². The topological polar surface area (TPSA) is 66.4 Å². The van der Waals surface area contributed by atoms with Crippen molar-refractivity contribution in [1.29, 1.82) is 0 Å². The molecule has 4 nitrogen and oxygen atoms in total. The van der Waals surface area contributed by atoms with E-state index < -0.39 is 10.0 Å². The van der Waals surface area contributed by atoms with Crippen LogP contribution in [0.5, 0.6) is 0 Å². The molecular weight excluding hydrogens is 357 g/mol. The maximum atomic E-state index is 12.4. The van der Waals surface area contributed by atoms with Gasteiger partial charge in [0.15, 0.2) is 0 Å². The number of hydrogen-bond acceptors (Lipinski definition) is 3. The van der Waals surface area contributed by atoms with Crippen LogP contribution in [-0.2, 0) is 16.6 Å². The molecule has 2 N–H and O–H groups in total. The minimum Gasteiger partial charge on any atom is -0.392 e. The lowest BCUT2D eigenvalue weighted by molar-refractivity contribution is 0.281. The Morgan fingerprint density at radius 1 is 1.00 bits per heavy atom. The van der Waals surface area contributed by atoms with E-state index in [0.29, 0.717) is 10.6 Å². The number of aliphatic hydroxyl groups excluding tert-OH is 1. The number of benzene rings is 2. The molecule has 0 aromatic heterocycles. The Morgan fingerprint density at radius 3 is 2.33 bits per heavy atom. The third kappa shape index (κ3) is 3.81. The molecule has 2 aromatic rings. The lowest BCUT2D eigenvalue weighted by Gasteiger charge is -2.12. The molecule has 2 rings (SSSR count). The molecule has 0 radical (unpaired) electrons. The van der Waals surface area contributed by atoms with Crippen molar-refractivity contribution in [3.8, 4) is 0 Å². The number of aliphatic hydroxyl groups is 1. The zero-order chi connectivity index (χ0) is 15.6. The summed E-state index contributed by atoms with van der Waals surface area (Å²) in [5.41, 5.74) is 0.576. The molecule has 0 amide bonds. The van der Waals surface area contributed by atoms with Gasteiger partial charge < -0.3 is 5.11 Å². The molecule has 0 heterocycles. The summed E-state index contributed by atoms with van der Waals surface area (Å²) < 4.78 is 27.1. The van der Waals surface area contributed by atoms with E-state index >= 15 is 0 Å². The van der Waals surface area contributed by atoms with E-state index in [1.807, 2.05) is 0 Å². The predicted octanol–water partition coefficient (Wildman–Crippen LogP) is 3.94. The second-order valence-electron chi connectivity index (χ2n) is 4.15. The zero-order valence-corrected chi connectivity index (χ0v) is 13.6. The van der Waals surface area contributed by atoms with Gasteiger partial charge in [-0.05, 0) is 35.9 Å². The highest BCUT2D eigenvalue weighted by Gasteiger charge is 2.20. The van der Waals surface area contributed by atoms with Crippen LogP contribution >= 0.6 is 34.8 Å². The lowest BCUT2D eigenvalue weighted by Crippen LogP contribution is -2.14. The molecular formula is C13H10Cl3NO3S. The van der Waals surface area contributed by atoms with Crippen molar-refractivity contribution in [3.63, 3.8) is 0 Å². The van der Waals surface area contributed by atoms with E-state index in [1.54, 1.807) is 6.07 Å². The Kier molecular flexibility index (Phi) is 5.01. The van der Waals surface area contributed by atoms with Crippen LogP contribution < -0.4 is 4.72 Å². The second kappa shape index (κ2) is 6.42. The molecule has 0 fully saturated rings. The van der Waals surface area contributed by atoms with Crippen LogP contribution in [0.25, 0.3) is 0 Å². The van der Waals surface area contributed by atoms with E-state index in [1.165, 1.54) is 30.3 Å². The van der Waals surface area contributed by atoms with Gasteiger partial charge in [-0.1, -0.05) is 40.9 Å². The minimum absolute atomic E-state index is 0.0397. The van der Waals surface area contributed by atoms with Crippen LogP contribution in [0, 0.1) is 0 Å². The fraction of sp³-hybridized carbons (Fsp3) is 0.0769. The molecule has 2 aromatic carbocycles. The molecule has 0 aliphatic heterocycles.